The Bertz CT molecular complexity index is 331. The fourth-order valence-corrected chi connectivity index (χ4v) is 0.950. The minimum atomic E-state index is -0.387. The van der Waals surface area contributed by atoms with Crippen molar-refractivity contribution in [3.8, 4) is 0 Å². The Morgan fingerprint density at radius 3 is 2.75 bits per heavy atom. The van der Waals surface area contributed by atoms with Crippen molar-refractivity contribution in [2.75, 3.05) is 0 Å². The summed E-state index contributed by atoms with van der Waals surface area (Å²) in [5.74, 6) is 0. The fourth-order valence-electron chi connectivity index (χ4n) is 0.950. The monoisotopic (exact) mass is 163 g/mol. The number of rotatable bonds is 2. The third-order valence-corrected chi connectivity index (χ3v) is 1.67. The molecule has 0 N–H and O–H groups in total. The molecule has 0 saturated heterocycles. The van der Waals surface area contributed by atoms with Crippen molar-refractivity contribution in [2.24, 2.45) is 0 Å². The quantitative estimate of drug-likeness (QED) is 0.496. The topological polar surface area (TPSA) is 43.1 Å². The summed E-state index contributed by atoms with van der Waals surface area (Å²) in [5, 5.41) is 10.5. The summed E-state index contributed by atoms with van der Waals surface area (Å²) in [6.45, 7) is 5.25. The van der Waals surface area contributed by atoms with Crippen LogP contribution in [0.5, 0.6) is 0 Å². The highest BCUT2D eigenvalue weighted by molar-refractivity contribution is 5.54. The number of aryl methyl sites for hydroxylation is 1. The van der Waals surface area contributed by atoms with E-state index >= 15 is 0 Å². The van der Waals surface area contributed by atoms with Gasteiger partial charge in [0, 0.05) is 11.6 Å². The molecule has 0 aliphatic heterocycles. The first kappa shape index (κ1) is 8.46. The van der Waals surface area contributed by atoms with Gasteiger partial charge in [-0.05, 0) is 12.5 Å². The Morgan fingerprint density at radius 1 is 1.58 bits per heavy atom. The maximum Gasteiger partial charge on any atom is 0.272 e. The van der Waals surface area contributed by atoms with Gasteiger partial charge in [0.15, 0.2) is 0 Å². The van der Waals surface area contributed by atoms with E-state index in [9.17, 15) is 10.1 Å². The van der Waals surface area contributed by atoms with Crippen LogP contribution < -0.4 is 0 Å². The summed E-state index contributed by atoms with van der Waals surface area (Å²) in [6, 6.07) is 5.03. The van der Waals surface area contributed by atoms with Crippen LogP contribution in [-0.4, -0.2) is 4.92 Å². The second-order valence-electron chi connectivity index (χ2n) is 2.51. The molecule has 0 unspecified atom stereocenters. The molecule has 3 heteroatoms. The van der Waals surface area contributed by atoms with E-state index < -0.39 is 0 Å². The van der Waals surface area contributed by atoms with E-state index in [4.69, 9.17) is 0 Å². The van der Waals surface area contributed by atoms with Crippen LogP contribution in [0.3, 0.4) is 0 Å². The van der Waals surface area contributed by atoms with Crippen LogP contribution in [0.4, 0.5) is 5.69 Å². The third kappa shape index (κ3) is 1.50. The molecular formula is C9H9NO2. The van der Waals surface area contributed by atoms with Crippen LogP contribution in [0.1, 0.15) is 11.1 Å². The second-order valence-corrected chi connectivity index (χ2v) is 2.51. The zero-order valence-electron chi connectivity index (χ0n) is 6.78. The van der Waals surface area contributed by atoms with Crippen LogP contribution in [0.15, 0.2) is 24.8 Å². The van der Waals surface area contributed by atoms with Crippen molar-refractivity contribution in [2.45, 2.75) is 6.92 Å². The van der Waals surface area contributed by atoms with Gasteiger partial charge in [-0.2, -0.15) is 0 Å². The van der Waals surface area contributed by atoms with Gasteiger partial charge in [0.1, 0.15) is 0 Å². The van der Waals surface area contributed by atoms with Crippen molar-refractivity contribution in [1.29, 1.82) is 0 Å². The first-order valence-corrected chi connectivity index (χ1v) is 3.52. The molecule has 62 valence electrons. The highest BCUT2D eigenvalue weighted by Gasteiger charge is 2.08. The lowest BCUT2D eigenvalue weighted by Gasteiger charge is -1.97. The van der Waals surface area contributed by atoms with E-state index in [2.05, 4.69) is 6.58 Å². The van der Waals surface area contributed by atoms with Crippen molar-refractivity contribution >= 4 is 11.8 Å². The van der Waals surface area contributed by atoms with Crippen LogP contribution in [-0.2, 0) is 0 Å². The molecule has 0 heterocycles. The van der Waals surface area contributed by atoms with Gasteiger partial charge in [-0.15, -0.1) is 0 Å². The fraction of sp³-hybridized carbons (Fsp3) is 0.111. The largest absolute Gasteiger partial charge is 0.272 e. The van der Waals surface area contributed by atoms with Gasteiger partial charge in [-0.3, -0.25) is 10.1 Å². The van der Waals surface area contributed by atoms with Gasteiger partial charge < -0.3 is 0 Å². The van der Waals surface area contributed by atoms with Gasteiger partial charge in [0.05, 0.1) is 4.92 Å². The zero-order chi connectivity index (χ0) is 9.14. The molecule has 0 saturated carbocycles. The molecule has 0 fully saturated rings. The lowest BCUT2D eigenvalue weighted by molar-refractivity contribution is -0.385. The minimum Gasteiger partial charge on any atom is -0.258 e. The van der Waals surface area contributed by atoms with Crippen LogP contribution in [0.25, 0.3) is 6.08 Å². The van der Waals surface area contributed by atoms with Crippen molar-refractivity contribution in [3.05, 3.63) is 46.0 Å². The Kier molecular flexibility index (Phi) is 2.24. The van der Waals surface area contributed by atoms with Crippen molar-refractivity contribution < 1.29 is 4.92 Å². The summed E-state index contributed by atoms with van der Waals surface area (Å²) >= 11 is 0. The van der Waals surface area contributed by atoms with Crippen molar-refractivity contribution in [1.82, 2.24) is 0 Å². The first-order valence-electron chi connectivity index (χ1n) is 3.52. The number of nitrogens with zero attached hydrogens (tertiary/aromatic N) is 1. The van der Waals surface area contributed by atoms with Crippen LogP contribution in [0, 0.1) is 17.0 Å². The van der Waals surface area contributed by atoms with E-state index in [1.165, 1.54) is 6.07 Å². The second kappa shape index (κ2) is 3.17. The predicted octanol–water partition coefficient (Wildman–Crippen LogP) is 2.55. The summed E-state index contributed by atoms with van der Waals surface area (Å²) < 4.78 is 0. The number of nitro benzene ring substituents is 1. The smallest absolute Gasteiger partial charge is 0.258 e. The average Bonchev–Trinajstić information content (AvgIpc) is 2.05. The molecule has 0 amide bonds. The predicted molar refractivity (Wildman–Crippen MR) is 47.9 cm³/mol. The molecule has 12 heavy (non-hydrogen) atoms. The highest BCUT2D eigenvalue weighted by Crippen LogP contribution is 2.19. The lowest BCUT2D eigenvalue weighted by Crippen LogP contribution is -1.91. The Morgan fingerprint density at radius 2 is 2.25 bits per heavy atom. The molecule has 1 aromatic carbocycles. The Labute approximate surface area is 70.5 Å². The van der Waals surface area contributed by atoms with E-state index in [-0.39, 0.29) is 10.6 Å². The van der Waals surface area contributed by atoms with Crippen molar-refractivity contribution in [3.63, 3.8) is 0 Å². The highest BCUT2D eigenvalue weighted by atomic mass is 16.6. The summed E-state index contributed by atoms with van der Waals surface area (Å²) in [4.78, 5) is 10.1. The summed E-state index contributed by atoms with van der Waals surface area (Å²) in [5.41, 5.74) is 1.59. The molecule has 3 nitrogen and oxygen atoms in total. The standard InChI is InChI=1S/C9H9NO2/c1-3-8-5-4-7(2)9(6-8)10(11)12/h3-6H,1H2,2H3. The number of hydrogen-bond donors (Lipinski definition) is 0. The van der Waals surface area contributed by atoms with Gasteiger partial charge in [0.25, 0.3) is 5.69 Å². The molecular weight excluding hydrogens is 154 g/mol. The average molecular weight is 163 g/mol. The molecule has 0 aromatic heterocycles. The maximum absolute atomic E-state index is 10.5. The summed E-state index contributed by atoms with van der Waals surface area (Å²) in [7, 11) is 0. The number of benzene rings is 1. The van der Waals surface area contributed by atoms with Gasteiger partial charge in [-0.1, -0.05) is 24.8 Å². The summed E-state index contributed by atoms with van der Waals surface area (Å²) in [6.07, 6.45) is 1.59. The number of hydrogen-bond acceptors (Lipinski definition) is 2. The molecule has 0 atom stereocenters. The normalized spacial score (nSPS) is 9.42. The van der Waals surface area contributed by atoms with Gasteiger partial charge in [-0.25, -0.2) is 0 Å². The SMILES string of the molecule is C=Cc1ccc(C)c([N+](=O)[O-])c1. The molecule has 1 rings (SSSR count). The number of nitro groups is 1. The molecule has 0 spiro atoms. The van der Waals surface area contributed by atoms with E-state index in [1.807, 2.05) is 0 Å². The molecule has 0 aliphatic carbocycles. The third-order valence-electron chi connectivity index (χ3n) is 1.67. The minimum absolute atomic E-state index is 0.146. The molecule has 0 radical (unpaired) electrons. The first-order chi connectivity index (χ1) is 5.65. The van der Waals surface area contributed by atoms with E-state index in [0.29, 0.717) is 5.56 Å². The molecule has 0 bridgehead atoms. The van der Waals surface area contributed by atoms with Gasteiger partial charge >= 0.3 is 0 Å². The van der Waals surface area contributed by atoms with Crippen LogP contribution in [0.2, 0.25) is 0 Å². The van der Waals surface area contributed by atoms with Crippen LogP contribution >= 0.6 is 0 Å². The maximum atomic E-state index is 10.5. The Balaban J connectivity index is 3.25. The molecule has 1 aromatic rings. The van der Waals surface area contributed by atoms with Gasteiger partial charge in [0.2, 0.25) is 0 Å². The lowest BCUT2D eigenvalue weighted by atomic mass is 10.1. The van der Waals surface area contributed by atoms with E-state index in [1.54, 1.807) is 25.1 Å². The zero-order valence-corrected chi connectivity index (χ0v) is 6.78. The Hall–Kier alpha value is -1.64. The molecule has 0 aliphatic rings. The van der Waals surface area contributed by atoms with E-state index in [0.717, 1.165) is 5.56 Å².